The van der Waals surface area contributed by atoms with Crippen LogP contribution in [0.15, 0.2) is 30.3 Å². The third-order valence-corrected chi connectivity index (χ3v) is 3.25. The van der Waals surface area contributed by atoms with Gasteiger partial charge in [-0.2, -0.15) is 0 Å². The average Bonchev–Trinajstić information content (AvgIpc) is 2.53. The van der Waals surface area contributed by atoms with Gasteiger partial charge in [-0.1, -0.05) is 17.7 Å². The summed E-state index contributed by atoms with van der Waals surface area (Å²) in [6.07, 6.45) is 0. The molecule has 2 rings (SSSR count). The number of halogens is 1. The van der Waals surface area contributed by atoms with Crippen LogP contribution in [0.1, 0.15) is 5.69 Å². The summed E-state index contributed by atoms with van der Waals surface area (Å²) in [5.41, 5.74) is 0.636. The Labute approximate surface area is 128 Å². The minimum Gasteiger partial charge on any atom is -0.493 e. The molecule has 0 aliphatic carbocycles. The fourth-order valence-corrected chi connectivity index (χ4v) is 1.98. The third-order valence-electron chi connectivity index (χ3n) is 2.91. The molecule has 112 valence electrons. The molecule has 0 fully saturated rings. The summed E-state index contributed by atoms with van der Waals surface area (Å²) < 4.78 is 16.4. The van der Waals surface area contributed by atoms with Crippen molar-refractivity contribution in [3.63, 3.8) is 0 Å². The van der Waals surface area contributed by atoms with Crippen LogP contribution in [0.5, 0.6) is 17.2 Å². The summed E-state index contributed by atoms with van der Waals surface area (Å²) in [7, 11) is 4.95. The van der Waals surface area contributed by atoms with E-state index >= 15 is 0 Å². The fourth-order valence-electron chi connectivity index (χ4n) is 1.82. The van der Waals surface area contributed by atoms with E-state index in [2.05, 4.69) is 10.3 Å². The molecule has 0 aliphatic rings. The van der Waals surface area contributed by atoms with Crippen LogP contribution in [-0.2, 0) is 6.61 Å². The number of nitrogens with zero attached hydrogens (tertiary/aromatic N) is 1. The molecule has 1 heterocycles. The minimum absolute atomic E-state index is 0.213. The molecule has 0 aliphatic heterocycles. The van der Waals surface area contributed by atoms with Gasteiger partial charge in [0.05, 0.1) is 24.9 Å². The number of hydrogen-bond acceptors (Lipinski definition) is 5. The average molecular weight is 309 g/mol. The van der Waals surface area contributed by atoms with Crippen molar-refractivity contribution in [1.29, 1.82) is 0 Å². The number of ether oxygens (including phenoxy) is 3. The van der Waals surface area contributed by atoms with E-state index in [9.17, 15) is 0 Å². The minimum atomic E-state index is 0.213. The van der Waals surface area contributed by atoms with E-state index in [1.807, 2.05) is 6.07 Å². The zero-order valence-corrected chi connectivity index (χ0v) is 12.9. The number of aromatic nitrogens is 1. The van der Waals surface area contributed by atoms with Crippen molar-refractivity contribution in [2.75, 3.05) is 26.6 Å². The molecule has 0 amide bonds. The normalized spacial score (nSPS) is 10.1. The zero-order valence-electron chi connectivity index (χ0n) is 12.1. The van der Waals surface area contributed by atoms with Crippen LogP contribution >= 0.6 is 11.6 Å². The molecule has 0 unspecified atom stereocenters. The Hall–Kier alpha value is -2.14. The number of anilines is 1. The van der Waals surface area contributed by atoms with Gasteiger partial charge in [0, 0.05) is 7.05 Å². The Balaban J connectivity index is 2.24. The first-order chi connectivity index (χ1) is 10.2. The second-order valence-corrected chi connectivity index (χ2v) is 4.56. The molecule has 0 spiro atoms. The molecule has 0 saturated carbocycles. The van der Waals surface area contributed by atoms with Gasteiger partial charge in [0.2, 0.25) is 5.75 Å². The van der Waals surface area contributed by atoms with E-state index in [4.69, 9.17) is 25.8 Å². The van der Waals surface area contributed by atoms with Crippen molar-refractivity contribution in [2.45, 2.75) is 6.61 Å². The highest BCUT2D eigenvalue weighted by molar-refractivity contribution is 6.31. The SMILES string of the molecule is CNc1ccc(Cl)c(COc2c(OC)cccc2OC)n1. The smallest absolute Gasteiger partial charge is 0.203 e. The quantitative estimate of drug-likeness (QED) is 0.886. The largest absolute Gasteiger partial charge is 0.493 e. The van der Waals surface area contributed by atoms with Crippen molar-refractivity contribution in [1.82, 2.24) is 4.98 Å². The fraction of sp³-hybridized carbons (Fsp3) is 0.267. The lowest BCUT2D eigenvalue weighted by molar-refractivity contribution is 0.263. The van der Waals surface area contributed by atoms with E-state index in [0.717, 1.165) is 5.82 Å². The molecule has 1 N–H and O–H groups in total. The lowest BCUT2D eigenvalue weighted by Gasteiger charge is -2.14. The van der Waals surface area contributed by atoms with Gasteiger partial charge in [0.25, 0.3) is 0 Å². The third kappa shape index (κ3) is 3.49. The highest BCUT2D eigenvalue weighted by atomic mass is 35.5. The number of para-hydroxylation sites is 1. The number of pyridine rings is 1. The van der Waals surface area contributed by atoms with Crippen molar-refractivity contribution in [3.8, 4) is 17.2 Å². The van der Waals surface area contributed by atoms with Crippen LogP contribution in [0, 0.1) is 0 Å². The lowest BCUT2D eigenvalue weighted by Crippen LogP contribution is -2.04. The summed E-state index contributed by atoms with van der Waals surface area (Å²) >= 11 is 6.13. The highest BCUT2D eigenvalue weighted by Gasteiger charge is 2.13. The highest BCUT2D eigenvalue weighted by Crippen LogP contribution is 2.37. The molecule has 21 heavy (non-hydrogen) atoms. The molecule has 0 atom stereocenters. The van der Waals surface area contributed by atoms with Crippen LogP contribution in [0.3, 0.4) is 0 Å². The summed E-state index contributed by atoms with van der Waals surface area (Å²) in [4.78, 5) is 4.37. The maximum absolute atomic E-state index is 6.13. The van der Waals surface area contributed by atoms with Crippen LogP contribution in [0.2, 0.25) is 5.02 Å². The second-order valence-electron chi connectivity index (χ2n) is 4.16. The lowest BCUT2D eigenvalue weighted by atomic mass is 10.3. The van der Waals surface area contributed by atoms with E-state index in [1.165, 1.54) is 0 Å². The maximum Gasteiger partial charge on any atom is 0.203 e. The molecule has 0 bridgehead atoms. The van der Waals surface area contributed by atoms with E-state index < -0.39 is 0 Å². The molecule has 1 aromatic carbocycles. The molecular weight excluding hydrogens is 292 g/mol. The maximum atomic E-state index is 6.13. The number of rotatable bonds is 6. The van der Waals surface area contributed by atoms with Gasteiger partial charge in [0.15, 0.2) is 11.5 Å². The second kappa shape index (κ2) is 7.04. The predicted octanol–water partition coefficient (Wildman–Crippen LogP) is 3.37. The first-order valence-electron chi connectivity index (χ1n) is 6.36. The Bertz CT molecular complexity index is 598. The Morgan fingerprint density at radius 3 is 2.33 bits per heavy atom. The van der Waals surface area contributed by atoms with Crippen molar-refractivity contribution >= 4 is 17.4 Å². The van der Waals surface area contributed by atoms with Crippen molar-refractivity contribution in [3.05, 3.63) is 41.0 Å². The van der Waals surface area contributed by atoms with E-state index in [1.54, 1.807) is 45.5 Å². The first-order valence-corrected chi connectivity index (χ1v) is 6.74. The predicted molar refractivity (Wildman–Crippen MR) is 82.7 cm³/mol. The van der Waals surface area contributed by atoms with Crippen LogP contribution in [0.4, 0.5) is 5.82 Å². The van der Waals surface area contributed by atoms with Gasteiger partial charge in [-0.15, -0.1) is 0 Å². The number of methoxy groups -OCH3 is 2. The molecule has 0 saturated heterocycles. The number of nitrogens with one attached hydrogen (secondary N) is 1. The molecule has 2 aromatic rings. The number of hydrogen-bond donors (Lipinski definition) is 1. The van der Waals surface area contributed by atoms with Crippen molar-refractivity contribution in [2.24, 2.45) is 0 Å². The molecule has 5 nitrogen and oxygen atoms in total. The van der Waals surface area contributed by atoms with Crippen molar-refractivity contribution < 1.29 is 14.2 Å². The first kappa shape index (κ1) is 15.3. The van der Waals surface area contributed by atoms with Gasteiger partial charge in [-0.05, 0) is 24.3 Å². The van der Waals surface area contributed by atoms with Gasteiger partial charge in [0.1, 0.15) is 12.4 Å². The molecule has 6 heteroatoms. The zero-order chi connectivity index (χ0) is 15.2. The molecular formula is C15H17ClN2O3. The van der Waals surface area contributed by atoms with Crippen LogP contribution < -0.4 is 19.5 Å². The van der Waals surface area contributed by atoms with E-state index in [-0.39, 0.29) is 6.61 Å². The molecule has 0 radical (unpaired) electrons. The van der Waals surface area contributed by atoms with Gasteiger partial charge >= 0.3 is 0 Å². The van der Waals surface area contributed by atoms with Gasteiger partial charge < -0.3 is 19.5 Å². The topological polar surface area (TPSA) is 52.6 Å². The van der Waals surface area contributed by atoms with E-state index in [0.29, 0.717) is 28.0 Å². The van der Waals surface area contributed by atoms with Crippen LogP contribution in [0.25, 0.3) is 0 Å². The Morgan fingerprint density at radius 2 is 1.76 bits per heavy atom. The summed E-state index contributed by atoms with van der Waals surface area (Å²) in [6, 6.07) is 9.01. The van der Waals surface area contributed by atoms with Gasteiger partial charge in [-0.25, -0.2) is 4.98 Å². The standard InChI is InChI=1S/C15H17ClN2O3/c1-17-14-8-7-10(16)11(18-14)9-21-15-12(19-2)5-4-6-13(15)20-3/h4-8H,9H2,1-3H3,(H,17,18). The summed E-state index contributed by atoms with van der Waals surface area (Å²) in [5, 5.41) is 3.51. The van der Waals surface area contributed by atoms with Crippen LogP contribution in [-0.4, -0.2) is 26.3 Å². The Kier molecular flexibility index (Phi) is 5.11. The molecule has 1 aromatic heterocycles. The monoisotopic (exact) mass is 308 g/mol. The van der Waals surface area contributed by atoms with Gasteiger partial charge in [-0.3, -0.25) is 0 Å². The summed E-state index contributed by atoms with van der Waals surface area (Å²) in [5.74, 6) is 2.44. The Morgan fingerprint density at radius 1 is 1.10 bits per heavy atom. The number of benzene rings is 1. The summed E-state index contributed by atoms with van der Waals surface area (Å²) in [6.45, 7) is 0.213.